The molecule has 0 fully saturated rings. The van der Waals surface area contributed by atoms with E-state index in [2.05, 4.69) is 21.0 Å². The van der Waals surface area contributed by atoms with E-state index in [-0.39, 0.29) is 0 Å². The highest BCUT2D eigenvalue weighted by Crippen LogP contribution is 2.24. The minimum atomic E-state index is 0.681. The van der Waals surface area contributed by atoms with Gasteiger partial charge in [-0.1, -0.05) is 11.6 Å². The number of aromatic nitrogens is 2. The van der Waals surface area contributed by atoms with Gasteiger partial charge < -0.3 is 0 Å². The molecule has 0 bridgehead atoms. The fraction of sp³-hybridized carbons (Fsp3) is 0.500. The van der Waals surface area contributed by atoms with Gasteiger partial charge in [0.2, 0.25) is 0 Å². The van der Waals surface area contributed by atoms with E-state index in [1.54, 1.807) is 4.68 Å². The number of rotatable bonds is 1. The van der Waals surface area contributed by atoms with Gasteiger partial charge in [0, 0.05) is 6.54 Å². The number of aryl methyl sites for hydroxylation is 2. The maximum absolute atomic E-state index is 5.87. The van der Waals surface area contributed by atoms with Crippen molar-refractivity contribution in [1.29, 1.82) is 0 Å². The topological polar surface area (TPSA) is 17.8 Å². The third-order valence-electron chi connectivity index (χ3n) is 1.30. The molecule has 0 spiro atoms. The summed E-state index contributed by atoms with van der Waals surface area (Å²) in [4.78, 5) is 0. The maximum Gasteiger partial charge on any atom is 0.141 e. The van der Waals surface area contributed by atoms with Gasteiger partial charge in [-0.25, -0.2) is 0 Å². The van der Waals surface area contributed by atoms with Crippen LogP contribution in [0.5, 0.6) is 0 Å². The lowest BCUT2D eigenvalue weighted by Gasteiger charge is -1.93. The third kappa shape index (κ3) is 1.20. The van der Waals surface area contributed by atoms with Crippen LogP contribution in [0.2, 0.25) is 5.15 Å². The lowest BCUT2D eigenvalue weighted by molar-refractivity contribution is 0.654. The summed E-state index contributed by atoms with van der Waals surface area (Å²) in [7, 11) is 0. The first-order valence-corrected chi connectivity index (χ1v) is 4.22. The monoisotopic (exact) mass is 222 g/mol. The van der Waals surface area contributed by atoms with Gasteiger partial charge in [0.25, 0.3) is 0 Å². The zero-order chi connectivity index (χ0) is 7.72. The summed E-state index contributed by atoms with van der Waals surface area (Å²) in [5.74, 6) is 0. The average Bonchev–Trinajstić information content (AvgIpc) is 2.17. The Kier molecular flexibility index (Phi) is 2.36. The van der Waals surface area contributed by atoms with E-state index in [0.29, 0.717) is 5.15 Å². The average molecular weight is 224 g/mol. The molecule has 1 heterocycles. The molecule has 0 atom stereocenters. The quantitative estimate of drug-likeness (QED) is 0.716. The molecule has 0 saturated heterocycles. The molecule has 0 radical (unpaired) electrons. The molecule has 0 saturated carbocycles. The van der Waals surface area contributed by atoms with Gasteiger partial charge in [0.15, 0.2) is 0 Å². The Balaban J connectivity index is 3.17. The van der Waals surface area contributed by atoms with Crippen LogP contribution in [0.15, 0.2) is 4.47 Å². The van der Waals surface area contributed by atoms with E-state index >= 15 is 0 Å². The predicted molar refractivity (Wildman–Crippen MR) is 45.3 cm³/mol. The Labute approximate surface area is 73.3 Å². The summed E-state index contributed by atoms with van der Waals surface area (Å²) in [6.07, 6.45) is 0. The smallest absolute Gasteiger partial charge is 0.141 e. The van der Waals surface area contributed by atoms with Gasteiger partial charge in [-0.15, -0.1) is 0 Å². The second kappa shape index (κ2) is 2.93. The van der Waals surface area contributed by atoms with Crippen molar-refractivity contribution in [2.75, 3.05) is 0 Å². The summed E-state index contributed by atoms with van der Waals surface area (Å²) in [5.41, 5.74) is 0.937. The molecule has 0 amide bonds. The molecule has 0 N–H and O–H groups in total. The lowest BCUT2D eigenvalue weighted by Crippen LogP contribution is -1.95. The zero-order valence-corrected chi connectivity index (χ0v) is 8.20. The Morgan fingerprint density at radius 1 is 1.70 bits per heavy atom. The van der Waals surface area contributed by atoms with Gasteiger partial charge in [-0.3, -0.25) is 4.68 Å². The standard InChI is InChI=1S/C6H8BrClN2/c1-3-10-6(8)5(7)4(2)9-10/h3H2,1-2H3. The van der Waals surface area contributed by atoms with Gasteiger partial charge in [0.1, 0.15) is 5.15 Å². The van der Waals surface area contributed by atoms with Gasteiger partial charge in [-0.2, -0.15) is 5.10 Å². The van der Waals surface area contributed by atoms with E-state index in [1.807, 2.05) is 13.8 Å². The van der Waals surface area contributed by atoms with Crippen molar-refractivity contribution < 1.29 is 0 Å². The summed E-state index contributed by atoms with van der Waals surface area (Å²) < 4.78 is 2.65. The first-order valence-electron chi connectivity index (χ1n) is 3.05. The summed E-state index contributed by atoms with van der Waals surface area (Å²) in [5, 5.41) is 4.85. The number of nitrogens with zero attached hydrogens (tertiary/aromatic N) is 2. The minimum absolute atomic E-state index is 0.681. The minimum Gasteiger partial charge on any atom is -0.253 e. The summed E-state index contributed by atoms with van der Waals surface area (Å²) in [6, 6.07) is 0. The molecule has 56 valence electrons. The molecule has 1 aromatic heterocycles. The van der Waals surface area contributed by atoms with Gasteiger partial charge >= 0.3 is 0 Å². The number of halogens is 2. The van der Waals surface area contributed by atoms with Crippen LogP contribution in [0.1, 0.15) is 12.6 Å². The van der Waals surface area contributed by atoms with E-state index in [9.17, 15) is 0 Å². The van der Waals surface area contributed by atoms with E-state index < -0.39 is 0 Å². The number of hydrogen-bond acceptors (Lipinski definition) is 1. The van der Waals surface area contributed by atoms with Crippen LogP contribution < -0.4 is 0 Å². The molecular weight excluding hydrogens is 215 g/mol. The van der Waals surface area contributed by atoms with Crippen LogP contribution in [0, 0.1) is 6.92 Å². The molecule has 1 rings (SSSR count). The van der Waals surface area contributed by atoms with E-state index in [0.717, 1.165) is 16.7 Å². The van der Waals surface area contributed by atoms with Crippen molar-refractivity contribution in [1.82, 2.24) is 9.78 Å². The van der Waals surface area contributed by atoms with Crippen LogP contribution in [-0.2, 0) is 6.54 Å². The fourth-order valence-electron chi connectivity index (χ4n) is 0.741. The Bertz CT molecular complexity index is 244. The van der Waals surface area contributed by atoms with Gasteiger partial charge in [-0.05, 0) is 29.8 Å². The molecule has 0 aliphatic heterocycles. The largest absolute Gasteiger partial charge is 0.253 e. The second-order valence-corrected chi connectivity index (χ2v) is 3.16. The van der Waals surface area contributed by atoms with Crippen LogP contribution in [0.4, 0.5) is 0 Å². The highest BCUT2D eigenvalue weighted by molar-refractivity contribution is 9.10. The highest BCUT2D eigenvalue weighted by Gasteiger charge is 2.07. The zero-order valence-electron chi connectivity index (χ0n) is 5.86. The van der Waals surface area contributed by atoms with Crippen LogP contribution in [0.3, 0.4) is 0 Å². The Morgan fingerprint density at radius 2 is 2.30 bits per heavy atom. The first-order chi connectivity index (χ1) is 4.66. The van der Waals surface area contributed by atoms with Crippen molar-refractivity contribution in [2.24, 2.45) is 0 Å². The third-order valence-corrected chi connectivity index (χ3v) is 2.86. The van der Waals surface area contributed by atoms with E-state index in [1.165, 1.54) is 0 Å². The molecule has 10 heavy (non-hydrogen) atoms. The number of hydrogen-bond donors (Lipinski definition) is 0. The normalized spacial score (nSPS) is 10.4. The SMILES string of the molecule is CCn1nc(C)c(Br)c1Cl. The first kappa shape index (κ1) is 8.08. The molecule has 0 aromatic carbocycles. The van der Waals surface area contributed by atoms with Crippen molar-refractivity contribution in [3.8, 4) is 0 Å². The van der Waals surface area contributed by atoms with Crippen molar-refractivity contribution in [2.45, 2.75) is 20.4 Å². The summed E-state index contributed by atoms with van der Waals surface area (Å²) in [6.45, 7) is 4.73. The highest BCUT2D eigenvalue weighted by atomic mass is 79.9. The molecule has 0 aliphatic rings. The molecule has 2 nitrogen and oxygen atoms in total. The van der Waals surface area contributed by atoms with Crippen molar-refractivity contribution >= 4 is 27.5 Å². The second-order valence-electron chi connectivity index (χ2n) is 2.01. The van der Waals surface area contributed by atoms with Crippen LogP contribution in [-0.4, -0.2) is 9.78 Å². The van der Waals surface area contributed by atoms with E-state index in [4.69, 9.17) is 11.6 Å². The molecule has 0 unspecified atom stereocenters. The van der Waals surface area contributed by atoms with Crippen LogP contribution in [0.25, 0.3) is 0 Å². The van der Waals surface area contributed by atoms with Crippen LogP contribution >= 0.6 is 27.5 Å². The van der Waals surface area contributed by atoms with Crippen molar-refractivity contribution in [3.05, 3.63) is 15.3 Å². The van der Waals surface area contributed by atoms with Crippen molar-refractivity contribution in [3.63, 3.8) is 0 Å². The predicted octanol–water partition coefficient (Wildman–Crippen LogP) is 2.63. The Hall–Kier alpha value is -0.0200. The fourth-order valence-corrected chi connectivity index (χ4v) is 1.32. The molecule has 0 aliphatic carbocycles. The molecule has 1 aromatic rings. The summed E-state index contributed by atoms with van der Waals surface area (Å²) >= 11 is 9.19. The molecular formula is C6H8BrClN2. The maximum atomic E-state index is 5.87. The lowest BCUT2D eigenvalue weighted by atomic mass is 10.5. The molecule has 4 heteroatoms. The van der Waals surface area contributed by atoms with Gasteiger partial charge in [0.05, 0.1) is 10.2 Å². The Morgan fingerprint density at radius 3 is 2.50 bits per heavy atom.